The zero-order valence-corrected chi connectivity index (χ0v) is 10.7. The van der Waals surface area contributed by atoms with E-state index in [1.54, 1.807) is 16.8 Å². The van der Waals surface area contributed by atoms with Crippen LogP contribution in [0.15, 0.2) is 36.5 Å². The SMILES string of the molecule is CCCNC(c1ccc(F)cc1)c1ccn(C)n1. The van der Waals surface area contributed by atoms with Crippen LogP contribution in [0, 0.1) is 5.82 Å². The highest BCUT2D eigenvalue weighted by Crippen LogP contribution is 2.20. The summed E-state index contributed by atoms with van der Waals surface area (Å²) >= 11 is 0. The number of aryl methyl sites for hydroxylation is 1. The summed E-state index contributed by atoms with van der Waals surface area (Å²) in [4.78, 5) is 0. The summed E-state index contributed by atoms with van der Waals surface area (Å²) in [7, 11) is 1.89. The second-order valence-corrected chi connectivity index (χ2v) is 4.35. The molecule has 2 rings (SSSR count). The van der Waals surface area contributed by atoms with Crippen molar-refractivity contribution < 1.29 is 4.39 Å². The summed E-state index contributed by atoms with van der Waals surface area (Å²) in [5.41, 5.74) is 1.99. The maximum Gasteiger partial charge on any atom is 0.123 e. The molecule has 0 amide bonds. The van der Waals surface area contributed by atoms with E-state index in [0.717, 1.165) is 24.2 Å². The van der Waals surface area contributed by atoms with Crippen molar-refractivity contribution in [2.24, 2.45) is 7.05 Å². The lowest BCUT2D eigenvalue weighted by Gasteiger charge is -2.16. The summed E-state index contributed by atoms with van der Waals surface area (Å²) in [6.45, 7) is 3.02. The van der Waals surface area contributed by atoms with Gasteiger partial charge in [-0.2, -0.15) is 5.10 Å². The van der Waals surface area contributed by atoms with Gasteiger partial charge in [-0.1, -0.05) is 19.1 Å². The Kier molecular flexibility index (Phi) is 4.10. The van der Waals surface area contributed by atoms with Crippen molar-refractivity contribution in [3.63, 3.8) is 0 Å². The van der Waals surface area contributed by atoms with Crippen molar-refractivity contribution >= 4 is 0 Å². The van der Waals surface area contributed by atoms with Crippen molar-refractivity contribution in [3.05, 3.63) is 53.6 Å². The highest BCUT2D eigenvalue weighted by atomic mass is 19.1. The van der Waals surface area contributed by atoms with E-state index in [2.05, 4.69) is 17.3 Å². The highest BCUT2D eigenvalue weighted by molar-refractivity contribution is 5.27. The third-order valence-corrected chi connectivity index (χ3v) is 2.83. The lowest BCUT2D eigenvalue weighted by atomic mass is 10.0. The van der Waals surface area contributed by atoms with E-state index in [1.807, 2.05) is 19.3 Å². The summed E-state index contributed by atoms with van der Waals surface area (Å²) in [5, 5.41) is 7.86. The maximum absolute atomic E-state index is 13.0. The van der Waals surface area contributed by atoms with Crippen molar-refractivity contribution in [2.45, 2.75) is 19.4 Å². The van der Waals surface area contributed by atoms with Crippen LogP contribution in [0.5, 0.6) is 0 Å². The second-order valence-electron chi connectivity index (χ2n) is 4.35. The number of nitrogens with zero attached hydrogens (tertiary/aromatic N) is 2. The average molecular weight is 247 g/mol. The predicted molar refractivity (Wildman–Crippen MR) is 69.7 cm³/mol. The van der Waals surface area contributed by atoms with Gasteiger partial charge in [-0.3, -0.25) is 4.68 Å². The van der Waals surface area contributed by atoms with E-state index < -0.39 is 0 Å². The van der Waals surface area contributed by atoms with Gasteiger partial charge in [0.25, 0.3) is 0 Å². The van der Waals surface area contributed by atoms with Gasteiger partial charge in [0.15, 0.2) is 0 Å². The van der Waals surface area contributed by atoms with Gasteiger partial charge < -0.3 is 5.32 Å². The normalized spacial score (nSPS) is 12.6. The molecule has 0 spiro atoms. The Labute approximate surface area is 107 Å². The number of halogens is 1. The van der Waals surface area contributed by atoms with Crippen LogP contribution in [0.2, 0.25) is 0 Å². The number of rotatable bonds is 5. The molecule has 0 fully saturated rings. The molecule has 0 aliphatic carbocycles. The molecule has 0 bridgehead atoms. The fraction of sp³-hybridized carbons (Fsp3) is 0.357. The number of nitrogens with one attached hydrogen (secondary N) is 1. The van der Waals surface area contributed by atoms with E-state index in [0.29, 0.717) is 0 Å². The molecule has 0 radical (unpaired) electrons. The maximum atomic E-state index is 13.0. The first-order valence-electron chi connectivity index (χ1n) is 6.19. The lowest BCUT2D eigenvalue weighted by molar-refractivity contribution is 0.572. The molecule has 1 atom stereocenters. The minimum absolute atomic E-state index is 0.0201. The van der Waals surface area contributed by atoms with Gasteiger partial charge in [-0.15, -0.1) is 0 Å². The number of benzene rings is 1. The molecule has 0 aliphatic rings. The van der Waals surface area contributed by atoms with Gasteiger partial charge in [0.05, 0.1) is 11.7 Å². The monoisotopic (exact) mass is 247 g/mol. The van der Waals surface area contributed by atoms with Crippen LogP contribution in [0.4, 0.5) is 4.39 Å². The molecule has 0 saturated carbocycles. The molecule has 1 N–H and O–H groups in total. The Bertz CT molecular complexity index is 490. The summed E-state index contributed by atoms with van der Waals surface area (Å²) in [6, 6.07) is 8.58. The molecular weight excluding hydrogens is 229 g/mol. The third-order valence-electron chi connectivity index (χ3n) is 2.83. The Hall–Kier alpha value is -1.68. The molecular formula is C14H18FN3. The first-order chi connectivity index (χ1) is 8.70. The predicted octanol–water partition coefficient (Wildman–Crippen LogP) is 2.65. The molecule has 3 nitrogen and oxygen atoms in total. The molecule has 0 saturated heterocycles. The van der Waals surface area contributed by atoms with Gasteiger partial charge in [-0.25, -0.2) is 4.39 Å². The Morgan fingerprint density at radius 2 is 2.00 bits per heavy atom. The van der Waals surface area contributed by atoms with Gasteiger partial charge in [0.2, 0.25) is 0 Å². The fourth-order valence-electron chi connectivity index (χ4n) is 1.92. The largest absolute Gasteiger partial charge is 0.305 e. The van der Waals surface area contributed by atoms with Gasteiger partial charge >= 0.3 is 0 Å². The molecule has 96 valence electrons. The summed E-state index contributed by atoms with van der Waals surface area (Å²) < 4.78 is 14.7. The van der Waals surface area contributed by atoms with Crippen LogP contribution in [-0.4, -0.2) is 16.3 Å². The van der Waals surface area contributed by atoms with Gasteiger partial charge in [-0.05, 0) is 36.7 Å². The Balaban J connectivity index is 2.27. The van der Waals surface area contributed by atoms with Crippen LogP contribution in [0.1, 0.15) is 30.6 Å². The second kappa shape index (κ2) is 5.78. The number of aromatic nitrogens is 2. The zero-order chi connectivity index (χ0) is 13.0. The first-order valence-corrected chi connectivity index (χ1v) is 6.19. The molecule has 1 aromatic heterocycles. The molecule has 2 aromatic rings. The van der Waals surface area contributed by atoms with E-state index in [4.69, 9.17) is 0 Å². The average Bonchev–Trinajstić information content (AvgIpc) is 2.78. The van der Waals surface area contributed by atoms with Crippen molar-refractivity contribution in [1.82, 2.24) is 15.1 Å². The quantitative estimate of drug-likeness (QED) is 0.880. The number of hydrogen-bond donors (Lipinski definition) is 1. The standard InChI is InChI=1S/C14H18FN3/c1-3-9-16-14(13-8-10-18(2)17-13)11-4-6-12(15)7-5-11/h4-8,10,14,16H,3,9H2,1-2H3. The topological polar surface area (TPSA) is 29.9 Å². The zero-order valence-electron chi connectivity index (χ0n) is 10.7. The smallest absolute Gasteiger partial charge is 0.123 e. The van der Waals surface area contributed by atoms with Crippen LogP contribution in [0.3, 0.4) is 0 Å². The Morgan fingerprint density at radius 1 is 1.28 bits per heavy atom. The summed E-state index contributed by atoms with van der Waals surface area (Å²) in [5.74, 6) is -0.214. The minimum Gasteiger partial charge on any atom is -0.305 e. The van der Waals surface area contributed by atoms with E-state index >= 15 is 0 Å². The molecule has 18 heavy (non-hydrogen) atoms. The van der Waals surface area contributed by atoms with Crippen LogP contribution < -0.4 is 5.32 Å². The minimum atomic E-state index is -0.214. The first kappa shape index (κ1) is 12.8. The molecule has 1 unspecified atom stereocenters. The van der Waals surface area contributed by atoms with Crippen molar-refractivity contribution in [1.29, 1.82) is 0 Å². The van der Waals surface area contributed by atoms with E-state index in [-0.39, 0.29) is 11.9 Å². The molecule has 1 heterocycles. The van der Waals surface area contributed by atoms with Crippen molar-refractivity contribution in [3.8, 4) is 0 Å². The Morgan fingerprint density at radius 3 is 2.56 bits per heavy atom. The highest BCUT2D eigenvalue weighted by Gasteiger charge is 2.15. The molecule has 0 aliphatic heterocycles. The number of hydrogen-bond acceptors (Lipinski definition) is 2. The summed E-state index contributed by atoms with van der Waals surface area (Å²) in [6.07, 6.45) is 2.96. The third kappa shape index (κ3) is 2.96. The lowest BCUT2D eigenvalue weighted by Crippen LogP contribution is -2.23. The van der Waals surface area contributed by atoms with Crippen LogP contribution in [0.25, 0.3) is 0 Å². The fourth-order valence-corrected chi connectivity index (χ4v) is 1.92. The van der Waals surface area contributed by atoms with Crippen molar-refractivity contribution in [2.75, 3.05) is 6.54 Å². The van der Waals surface area contributed by atoms with E-state index in [9.17, 15) is 4.39 Å². The van der Waals surface area contributed by atoms with E-state index in [1.165, 1.54) is 12.1 Å². The molecule has 4 heteroatoms. The molecule has 1 aromatic carbocycles. The van der Waals surface area contributed by atoms with Crippen LogP contribution >= 0.6 is 0 Å². The van der Waals surface area contributed by atoms with Gasteiger partial charge in [0, 0.05) is 13.2 Å². The van der Waals surface area contributed by atoms with Crippen LogP contribution in [-0.2, 0) is 7.05 Å². The van der Waals surface area contributed by atoms with Gasteiger partial charge in [0.1, 0.15) is 5.82 Å².